The molecule has 2 saturated heterocycles. The Hall–Kier alpha value is -2.64. The molecule has 0 spiro atoms. The van der Waals surface area contributed by atoms with E-state index in [4.69, 9.17) is 18.0 Å². The van der Waals surface area contributed by atoms with E-state index < -0.39 is 9.84 Å². The number of nitrogens with two attached hydrogens (primary N) is 1. The first-order valence-electron chi connectivity index (χ1n) is 11.0. The minimum absolute atomic E-state index is 0.106. The topological polar surface area (TPSA) is 113 Å². The zero-order valence-corrected chi connectivity index (χ0v) is 20.4. The van der Waals surface area contributed by atoms with Crippen LogP contribution in [0.15, 0.2) is 18.2 Å². The second kappa shape index (κ2) is 12.6. The molecule has 1 aromatic carbocycles. The third kappa shape index (κ3) is 8.33. The Morgan fingerprint density at radius 2 is 1.67 bits per heavy atom. The standard InChI is InChI=1S/C12H20N2O2.C9H10N2O2S2.C2H2/c15-11-6-2-1-3-9-14(11)10-12(16)13-7-4-5-8-13;10-9(14)11-8-2-1-6-4-15(12,13)5-7(6)3-8;1-2/h1-10H2;1-3H,4-5H2,(H3,10,11,14);1-2H. The molecule has 33 heavy (non-hydrogen) atoms. The van der Waals surface area contributed by atoms with Crippen molar-refractivity contribution in [2.45, 2.75) is 50.0 Å². The van der Waals surface area contributed by atoms with Crippen LogP contribution in [0.2, 0.25) is 0 Å². The van der Waals surface area contributed by atoms with Crippen molar-refractivity contribution in [2.24, 2.45) is 5.73 Å². The van der Waals surface area contributed by atoms with Gasteiger partial charge < -0.3 is 20.9 Å². The molecule has 1 aromatic rings. The molecule has 2 fully saturated rings. The quantitative estimate of drug-likeness (QED) is 0.490. The van der Waals surface area contributed by atoms with E-state index in [0.29, 0.717) is 13.0 Å². The molecular weight excluding hydrogens is 460 g/mol. The van der Waals surface area contributed by atoms with E-state index in [1.165, 1.54) is 0 Å². The summed E-state index contributed by atoms with van der Waals surface area (Å²) in [7, 11) is -2.94. The molecule has 0 radical (unpaired) electrons. The van der Waals surface area contributed by atoms with Gasteiger partial charge in [0.25, 0.3) is 0 Å². The Kier molecular flexibility index (Phi) is 10.1. The monoisotopic (exact) mass is 492 g/mol. The molecule has 3 heterocycles. The van der Waals surface area contributed by atoms with Crippen LogP contribution >= 0.6 is 12.2 Å². The van der Waals surface area contributed by atoms with Gasteiger partial charge in [-0.1, -0.05) is 12.5 Å². The second-order valence-electron chi connectivity index (χ2n) is 8.22. The molecule has 3 N–H and O–H groups in total. The molecule has 10 heteroatoms. The van der Waals surface area contributed by atoms with Gasteiger partial charge in [0.1, 0.15) is 0 Å². The maximum atomic E-state index is 11.9. The van der Waals surface area contributed by atoms with Crippen LogP contribution < -0.4 is 11.1 Å². The van der Waals surface area contributed by atoms with Crippen LogP contribution in [-0.2, 0) is 30.9 Å². The minimum atomic E-state index is -2.94. The van der Waals surface area contributed by atoms with Crippen LogP contribution in [0.5, 0.6) is 0 Å². The van der Waals surface area contributed by atoms with Gasteiger partial charge in [0.05, 0.1) is 18.1 Å². The predicted molar refractivity (Wildman–Crippen MR) is 134 cm³/mol. The van der Waals surface area contributed by atoms with Gasteiger partial charge in [-0.25, -0.2) is 8.42 Å². The number of rotatable bonds is 3. The van der Waals surface area contributed by atoms with Gasteiger partial charge >= 0.3 is 0 Å². The number of benzene rings is 1. The van der Waals surface area contributed by atoms with Crippen LogP contribution in [0.4, 0.5) is 5.69 Å². The number of thiocarbonyl (C=S) groups is 1. The summed E-state index contributed by atoms with van der Waals surface area (Å²) in [6.07, 6.45) is 14.0. The number of hydrogen-bond donors (Lipinski definition) is 2. The highest BCUT2D eigenvalue weighted by Crippen LogP contribution is 2.27. The number of anilines is 1. The molecule has 180 valence electrons. The number of amides is 2. The van der Waals surface area contributed by atoms with Gasteiger partial charge in [-0.2, -0.15) is 0 Å². The molecule has 0 unspecified atom stereocenters. The number of sulfone groups is 1. The number of nitrogens with one attached hydrogen (secondary N) is 1. The van der Waals surface area contributed by atoms with E-state index in [1.807, 2.05) is 4.90 Å². The van der Waals surface area contributed by atoms with Crippen molar-refractivity contribution >= 4 is 44.7 Å². The molecule has 0 atom stereocenters. The van der Waals surface area contributed by atoms with Crippen molar-refractivity contribution in [1.82, 2.24) is 9.80 Å². The first-order chi connectivity index (χ1) is 15.7. The number of nitrogens with zero attached hydrogens (tertiary/aromatic N) is 2. The molecule has 0 bridgehead atoms. The van der Waals surface area contributed by atoms with Gasteiger partial charge in [-0.05, 0) is 61.2 Å². The zero-order valence-electron chi connectivity index (χ0n) is 18.8. The Bertz CT molecular complexity index is 985. The SMILES string of the molecule is C#C.NC(=S)Nc1ccc2c(c1)CS(=O)(=O)C2.O=C(CN1CCCCCC1=O)N1CCCC1. The Morgan fingerprint density at radius 3 is 2.33 bits per heavy atom. The molecule has 2 amide bonds. The van der Waals surface area contributed by atoms with Crippen molar-refractivity contribution in [3.8, 4) is 12.8 Å². The fraction of sp³-hybridized carbons (Fsp3) is 0.522. The summed E-state index contributed by atoms with van der Waals surface area (Å²) < 4.78 is 22.7. The highest BCUT2D eigenvalue weighted by atomic mass is 32.2. The van der Waals surface area contributed by atoms with Gasteiger partial charge in [0, 0.05) is 31.7 Å². The van der Waals surface area contributed by atoms with E-state index in [2.05, 4.69) is 18.2 Å². The molecule has 8 nitrogen and oxygen atoms in total. The number of hydrogen-bond acceptors (Lipinski definition) is 5. The van der Waals surface area contributed by atoms with Crippen LogP contribution in [0.3, 0.4) is 0 Å². The summed E-state index contributed by atoms with van der Waals surface area (Å²) in [5.41, 5.74) is 7.75. The van der Waals surface area contributed by atoms with Crippen LogP contribution in [0.1, 0.15) is 49.7 Å². The first-order valence-corrected chi connectivity index (χ1v) is 13.2. The fourth-order valence-corrected chi connectivity index (χ4v) is 5.80. The smallest absolute Gasteiger partial charge is 0.242 e. The van der Waals surface area contributed by atoms with Crippen molar-refractivity contribution in [3.63, 3.8) is 0 Å². The maximum Gasteiger partial charge on any atom is 0.242 e. The first kappa shape index (κ1) is 26.6. The van der Waals surface area contributed by atoms with Gasteiger partial charge in [-0.15, -0.1) is 12.8 Å². The summed E-state index contributed by atoms with van der Waals surface area (Å²) in [4.78, 5) is 27.3. The fourth-order valence-electron chi connectivity index (χ4n) is 4.08. The summed E-state index contributed by atoms with van der Waals surface area (Å²) in [5, 5.41) is 2.95. The largest absolute Gasteiger partial charge is 0.376 e. The van der Waals surface area contributed by atoms with Crippen molar-refractivity contribution < 1.29 is 18.0 Å². The average molecular weight is 493 g/mol. The van der Waals surface area contributed by atoms with E-state index in [-0.39, 0.29) is 28.4 Å². The number of likely N-dealkylation sites (tertiary alicyclic amines) is 2. The van der Waals surface area contributed by atoms with Gasteiger partial charge in [-0.3, -0.25) is 9.59 Å². The van der Waals surface area contributed by atoms with Crippen LogP contribution in [0.25, 0.3) is 0 Å². The minimum Gasteiger partial charge on any atom is -0.376 e. The molecule has 3 aliphatic rings. The second-order valence-corrected chi connectivity index (χ2v) is 10.7. The van der Waals surface area contributed by atoms with E-state index in [1.54, 1.807) is 23.1 Å². The predicted octanol–water partition coefficient (Wildman–Crippen LogP) is 2.03. The summed E-state index contributed by atoms with van der Waals surface area (Å²) in [6, 6.07) is 5.35. The van der Waals surface area contributed by atoms with Gasteiger partial charge in [0.15, 0.2) is 14.9 Å². The van der Waals surface area contributed by atoms with E-state index in [9.17, 15) is 18.0 Å². The summed E-state index contributed by atoms with van der Waals surface area (Å²) in [5.74, 6) is 0.531. The lowest BCUT2D eigenvalue weighted by Crippen LogP contribution is -2.41. The maximum absolute atomic E-state index is 11.9. The normalized spacial score (nSPS) is 18.7. The third-order valence-electron chi connectivity index (χ3n) is 5.68. The summed E-state index contributed by atoms with van der Waals surface area (Å²) >= 11 is 4.70. The highest BCUT2D eigenvalue weighted by Gasteiger charge is 2.25. The third-order valence-corrected chi connectivity index (χ3v) is 7.28. The Morgan fingerprint density at radius 1 is 1.03 bits per heavy atom. The van der Waals surface area contributed by atoms with Crippen molar-refractivity contribution in [3.05, 3.63) is 29.3 Å². The lowest BCUT2D eigenvalue weighted by Gasteiger charge is -2.23. The van der Waals surface area contributed by atoms with Gasteiger partial charge in [0.2, 0.25) is 11.8 Å². The van der Waals surface area contributed by atoms with E-state index >= 15 is 0 Å². The summed E-state index contributed by atoms with van der Waals surface area (Å²) in [6.45, 7) is 2.82. The molecule has 0 aliphatic carbocycles. The van der Waals surface area contributed by atoms with E-state index in [0.717, 1.165) is 68.6 Å². The lowest BCUT2D eigenvalue weighted by atomic mass is 10.1. The molecule has 3 aliphatic heterocycles. The lowest BCUT2D eigenvalue weighted by molar-refractivity contribution is -0.139. The number of fused-ring (bicyclic) bond motifs is 1. The molecule has 0 aromatic heterocycles. The molecule has 4 rings (SSSR count). The average Bonchev–Trinajstić information content (AvgIpc) is 3.35. The van der Waals surface area contributed by atoms with Crippen LogP contribution in [0, 0.1) is 12.8 Å². The number of carbonyl (C=O) groups excluding carboxylic acids is 2. The molecule has 0 saturated carbocycles. The van der Waals surface area contributed by atoms with Crippen LogP contribution in [-0.4, -0.2) is 61.3 Å². The molecular formula is C23H32N4O4S2. The Balaban J connectivity index is 0.000000218. The zero-order chi connectivity index (χ0) is 24.4. The number of carbonyl (C=O) groups is 2. The van der Waals surface area contributed by atoms with Crippen molar-refractivity contribution in [2.75, 3.05) is 31.5 Å². The van der Waals surface area contributed by atoms with Crippen molar-refractivity contribution in [1.29, 1.82) is 0 Å². The highest BCUT2D eigenvalue weighted by molar-refractivity contribution is 7.90. The Labute approximate surface area is 201 Å². The number of terminal acetylenes is 1.